The molecule has 1 aromatic rings. The summed E-state index contributed by atoms with van der Waals surface area (Å²) in [6.07, 6.45) is -3.27. The molecule has 1 aromatic carbocycles. The Morgan fingerprint density at radius 2 is 1.88 bits per heavy atom. The molecule has 1 unspecified atom stereocenters. The first-order chi connectivity index (χ1) is 15.1. The van der Waals surface area contributed by atoms with Crippen molar-refractivity contribution in [2.24, 2.45) is 22.6 Å². The number of guanidine groups is 1. The van der Waals surface area contributed by atoms with Gasteiger partial charge in [-0.05, 0) is 56.2 Å². The van der Waals surface area contributed by atoms with E-state index in [9.17, 15) is 31.5 Å². The van der Waals surface area contributed by atoms with E-state index < -0.39 is 37.9 Å². The van der Waals surface area contributed by atoms with Crippen molar-refractivity contribution < 1.29 is 31.5 Å². The Morgan fingerprint density at radius 3 is 2.39 bits per heavy atom. The van der Waals surface area contributed by atoms with Gasteiger partial charge in [-0.3, -0.25) is 9.69 Å². The van der Waals surface area contributed by atoms with Crippen molar-refractivity contribution in [1.82, 2.24) is 9.21 Å². The van der Waals surface area contributed by atoms with E-state index in [1.165, 1.54) is 4.90 Å². The van der Waals surface area contributed by atoms with Crippen molar-refractivity contribution in [3.05, 3.63) is 23.8 Å². The van der Waals surface area contributed by atoms with Crippen molar-refractivity contribution in [1.29, 1.82) is 0 Å². The molecular weight excluding hydrogens is 461 g/mol. The SMILES string of the molecule is CC(C)CC1(C)N=C(N)N(CC2CCN(S(=O)(=O)c3ccc(C(F)(F)F)cc3O)CC2)C1=O. The lowest BCUT2D eigenvalue weighted by atomic mass is 9.90. The summed E-state index contributed by atoms with van der Waals surface area (Å²) in [6.45, 7) is 6.29. The number of halogens is 3. The quantitative estimate of drug-likeness (QED) is 0.636. The molecule has 2 heterocycles. The molecule has 12 heteroatoms. The van der Waals surface area contributed by atoms with Gasteiger partial charge in [-0.25, -0.2) is 13.4 Å². The molecule has 0 radical (unpaired) electrons. The molecule has 33 heavy (non-hydrogen) atoms. The number of carbonyl (C=O) groups is 1. The molecule has 0 bridgehead atoms. The average Bonchev–Trinajstić information content (AvgIpc) is 2.89. The Morgan fingerprint density at radius 1 is 1.27 bits per heavy atom. The lowest BCUT2D eigenvalue weighted by Crippen LogP contribution is -2.47. The summed E-state index contributed by atoms with van der Waals surface area (Å²) in [5.41, 5.74) is 3.98. The lowest BCUT2D eigenvalue weighted by molar-refractivity contribution is -0.137. The van der Waals surface area contributed by atoms with Crippen LogP contribution in [0.2, 0.25) is 0 Å². The van der Waals surface area contributed by atoms with Crippen molar-refractivity contribution in [3.8, 4) is 5.75 Å². The highest BCUT2D eigenvalue weighted by atomic mass is 32.2. The number of sulfonamides is 1. The predicted octanol–water partition coefficient (Wildman–Crippen LogP) is 2.77. The van der Waals surface area contributed by atoms with Gasteiger partial charge in [0, 0.05) is 19.6 Å². The Kier molecular flexibility index (Phi) is 6.73. The number of nitrogens with two attached hydrogens (primary N) is 1. The second-order valence-corrected chi connectivity index (χ2v) is 11.2. The molecule has 0 aliphatic carbocycles. The van der Waals surface area contributed by atoms with Crippen LogP contribution in [-0.2, 0) is 21.0 Å². The third-order valence-corrected chi connectivity index (χ3v) is 8.01. The molecule has 0 aromatic heterocycles. The number of phenolic OH excluding ortho intramolecular Hbond substituents is 1. The van der Waals surface area contributed by atoms with Crippen LogP contribution in [0.5, 0.6) is 5.75 Å². The van der Waals surface area contributed by atoms with Crippen LogP contribution in [0.25, 0.3) is 0 Å². The highest BCUT2D eigenvalue weighted by Gasteiger charge is 2.45. The lowest BCUT2D eigenvalue weighted by Gasteiger charge is -2.33. The second kappa shape index (κ2) is 8.79. The minimum atomic E-state index is -4.69. The van der Waals surface area contributed by atoms with E-state index in [1.54, 1.807) is 6.92 Å². The van der Waals surface area contributed by atoms with E-state index in [-0.39, 0.29) is 36.8 Å². The normalized spacial score (nSPS) is 23.4. The summed E-state index contributed by atoms with van der Waals surface area (Å²) in [5, 5.41) is 9.96. The van der Waals surface area contributed by atoms with Crippen LogP contribution < -0.4 is 5.73 Å². The summed E-state index contributed by atoms with van der Waals surface area (Å²) in [4.78, 5) is 18.2. The van der Waals surface area contributed by atoms with Gasteiger partial charge in [0.15, 0.2) is 5.96 Å². The zero-order chi connectivity index (χ0) is 24.8. The Labute approximate surface area is 191 Å². The Balaban J connectivity index is 1.65. The van der Waals surface area contributed by atoms with Crippen LogP contribution in [0.4, 0.5) is 13.2 Å². The third-order valence-electron chi connectivity index (χ3n) is 6.07. The van der Waals surface area contributed by atoms with Crippen molar-refractivity contribution in [3.63, 3.8) is 0 Å². The fraction of sp³-hybridized carbons (Fsp3) is 0.619. The van der Waals surface area contributed by atoms with E-state index in [1.807, 2.05) is 13.8 Å². The molecule has 3 N–H and O–H groups in total. The summed E-state index contributed by atoms with van der Waals surface area (Å²) >= 11 is 0. The standard InChI is InChI=1S/C21H29F3N4O4S/c1-13(2)11-20(3)18(30)28(19(25)26-20)12-14-6-8-27(9-7-14)33(31,32)17-5-4-15(10-16(17)29)21(22,23)24/h4-5,10,13-14,29H,6-9,11-12H2,1-3H3,(H2,25,26). The van der Waals surface area contributed by atoms with Gasteiger partial charge in [0.25, 0.3) is 5.91 Å². The summed E-state index contributed by atoms with van der Waals surface area (Å²) in [5.74, 6) is -0.711. The number of aliphatic imine (C=N–C) groups is 1. The first kappa shape index (κ1) is 25.3. The zero-order valence-corrected chi connectivity index (χ0v) is 19.6. The smallest absolute Gasteiger partial charge is 0.416 e. The predicted molar refractivity (Wildman–Crippen MR) is 116 cm³/mol. The van der Waals surface area contributed by atoms with Gasteiger partial charge in [-0.1, -0.05) is 13.8 Å². The topological polar surface area (TPSA) is 116 Å². The molecule has 1 amide bonds. The Bertz CT molecular complexity index is 1050. The van der Waals surface area contributed by atoms with E-state index in [0.29, 0.717) is 37.9 Å². The first-order valence-corrected chi connectivity index (χ1v) is 12.2. The number of benzene rings is 1. The monoisotopic (exact) mass is 490 g/mol. The van der Waals surface area contributed by atoms with Gasteiger partial charge in [0.05, 0.1) is 5.56 Å². The number of piperidine rings is 1. The number of hydrogen-bond acceptors (Lipinski definition) is 6. The van der Waals surface area contributed by atoms with Crippen LogP contribution in [0.15, 0.2) is 28.1 Å². The summed E-state index contributed by atoms with van der Waals surface area (Å²) < 4.78 is 65.4. The van der Waals surface area contributed by atoms with Gasteiger partial charge in [0.2, 0.25) is 10.0 Å². The molecule has 8 nitrogen and oxygen atoms in total. The minimum Gasteiger partial charge on any atom is -0.507 e. The average molecular weight is 491 g/mol. The molecule has 1 atom stereocenters. The maximum absolute atomic E-state index is 12.9. The molecule has 3 rings (SSSR count). The van der Waals surface area contributed by atoms with Gasteiger partial charge >= 0.3 is 6.18 Å². The number of carbonyl (C=O) groups excluding carboxylic acids is 1. The number of aromatic hydroxyl groups is 1. The van der Waals surface area contributed by atoms with Crippen molar-refractivity contribution >= 4 is 21.9 Å². The molecule has 0 spiro atoms. The fourth-order valence-corrected chi connectivity index (χ4v) is 6.03. The number of alkyl halides is 3. The van der Waals surface area contributed by atoms with Gasteiger partial charge in [-0.15, -0.1) is 0 Å². The largest absolute Gasteiger partial charge is 0.507 e. The zero-order valence-electron chi connectivity index (χ0n) is 18.8. The second-order valence-electron chi connectivity index (χ2n) is 9.29. The van der Waals surface area contributed by atoms with E-state index in [0.717, 1.165) is 10.4 Å². The molecule has 1 fully saturated rings. The van der Waals surface area contributed by atoms with Crippen LogP contribution in [-0.4, -0.2) is 59.8 Å². The number of phenols is 1. The maximum atomic E-state index is 12.9. The van der Waals surface area contributed by atoms with Gasteiger partial charge in [0.1, 0.15) is 16.2 Å². The molecular formula is C21H29F3N4O4S. The van der Waals surface area contributed by atoms with Gasteiger partial charge in [-0.2, -0.15) is 17.5 Å². The van der Waals surface area contributed by atoms with Gasteiger partial charge < -0.3 is 10.8 Å². The van der Waals surface area contributed by atoms with E-state index >= 15 is 0 Å². The van der Waals surface area contributed by atoms with Crippen LogP contribution in [0.1, 0.15) is 45.6 Å². The van der Waals surface area contributed by atoms with Crippen LogP contribution in [0, 0.1) is 11.8 Å². The summed E-state index contributed by atoms with van der Waals surface area (Å²) in [6, 6.07) is 1.82. The van der Waals surface area contributed by atoms with Crippen molar-refractivity contribution in [2.75, 3.05) is 19.6 Å². The number of nitrogens with zero attached hydrogens (tertiary/aromatic N) is 3. The first-order valence-electron chi connectivity index (χ1n) is 10.7. The van der Waals surface area contributed by atoms with E-state index in [2.05, 4.69) is 4.99 Å². The highest BCUT2D eigenvalue weighted by molar-refractivity contribution is 7.89. The number of hydrogen-bond donors (Lipinski definition) is 2. The van der Waals surface area contributed by atoms with Crippen LogP contribution >= 0.6 is 0 Å². The molecule has 0 saturated carbocycles. The highest BCUT2D eigenvalue weighted by Crippen LogP contribution is 2.36. The minimum absolute atomic E-state index is 0.0169. The maximum Gasteiger partial charge on any atom is 0.416 e. The Hall–Kier alpha value is -2.34. The number of amides is 1. The van der Waals surface area contributed by atoms with E-state index in [4.69, 9.17) is 5.73 Å². The molecule has 2 aliphatic rings. The van der Waals surface area contributed by atoms with Crippen LogP contribution in [0.3, 0.4) is 0 Å². The summed E-state index contributed by atoms with van der Waals surface area (Å²) in [7, 11) is -4.17. The fourth-order valence-electron chi connectivity index (χ4n) is 4.50. The molecule has 1 saturated heterocycles. The third kappa shape index (κ3) is 5.11. The van der Waals surface area contributed by atoms with Crippen molar-refractivity contribution in [2.45, 2.75) is 56.6 Å². The number of rotatable bonds is 6. The molecule has 184 valence electrons. The molecule has 2 aliphatic heterocycles.